The molecule has 130 valence electrons. The molecule has 0 aliphatic heterocycles. The number of carbonyl (C=O) groups is 1. The third-order valence-corrected chi connectivity index (χ3v) is 3.98. The lowest BCUT2D eigenvalue weighted by molar-refractivity contribution is 0.0935. The third kappa shape index (κ3) is 3.51. The third-order valence-electron chi connectivity index (χ3n) is 3.78. The number of hydrogen-bond acceptors (Lipinski definition) is 5. The van der Waals surface area contributed by atoms with Crippen molar-refractivity contribution in [3.8, 4) is 11.5 Å². The van der Waals surface area contributed by atoms with Crippen molar-refractivity contribution in [2.45, 2.75) is 13.0 Å². The highest BCUT2D eigenvalue weighted by molar-refractivity contribution is 6.29. The number of hydrogen-bond donors (Lipinski definition) is 1. The smallest absolute Gasteiger partial charge is 0.272 e. The highest BCUT2D eigenvalue weighted by Crippen LogP contribution is 2.29. The van der Waals surface area contributed by atoms with Crippen LogP contribution in [0.4, 0.5) is 0 Å². The van der Waals surface area contributed by atoms with Crippen molar-refractivity contribution in [3.05, 3.63) is 52.9 Å². The lowest BCUT2D eigenvalue weighted by atomic mass is 10.1. The number of amides is 1. The Morgan fingerprint density at radius 2 is 1.96 bits per heavy atom. The summed E-state index contributed by atoms with van der Waals surface area (Å²) in [5, 5.41) is 7.30. The Labute approximate surface area is 149 Å². The van der Waals surface area contributed by atoms with Gasteiger partial charge in [0.25, 0.3) is 5.91 Å². The van der Waals surface area contributed by atoms with E-state index in [0.717, 1.165) is 5.56 Å². The first-order chi connectivity index (χ1) is 12.0. The average molecular weight is 361 g/mol. The van der Waals surface area contributed by atoms with Gasteiger partial charge >= 0.3 is 0 Å². The highest BCUT2D eigenvalue weighted by atomic mass is 35.5. The largest absolute Gasteiger partial charge is 0.493 e. The number of rotatable bonds is 5. The zero-order valence-corrected chi connectivity index (χ0v) is 14.7. The summed E-state index contributed by atoms with van der Waals surface area (Å²) in [7, 11) is 3.14. The summed E-state index contributed by atoms with van der Waals surface area (Å²) in [6, 6.07) is 8.58. The molecule has 0 saturated carbocycles. The van der Waals surface area contributed by atoms with Crippen LogP contribution in [0.2, 0.25) is 5.15 Å². The quantitative estimate of drug-likeness (QED) is 0.757. The molecule has 0 aliphatic carbocycles. The van der Waals surface area contributed by atoms with Gasteiger partial charge in [0.1, 0.15) is 10.8 Å². The summed E-state index contributed by atoms with van der Waals surface area (Å²) in [6.45, 7) is 1.88. The monoisotopic (exact) mass is 360 g/mol. The van der Waals surface area contributed by atoms with Crippen molar-refractivity contribution in [2.75, 3.05) is 14.2 Å². The van der Waals surface area contributed by atoms with Gasteiger partial charge in [0.15, 0.2) is 17.1 Å². The van der Waals surface area contributed by atoms with Gasteiger partial charge in [-0.15, -0.1) is 0 Å². The molecular formula is C17H17ClN4O3. The van der Waals surface area contributed by atoms with Gasteiger partial charge in [-0.1, -0.05) is 17.7 Å². The van der Waals surface area contributed by atoms with Gasteiger partial charge in [-0.2, -0.15) is 5.10 Å². The highest BCUT2D eigenvalue weighted by Gasteiger charge is 2.16. The van der Waals surface area contributed by atoms with E-state index in [9.17, 15) is 4.79 Å². The minimum atomic E-state index is -0.302. The topological polar surface area (TPSA) is 77.8 Å². The summed E-state index contributed by atoms with van der Waals surface area (Å²) in [5.74, 6) is 0.935. The number of ether oxygens (including phenoxy) is 2. The fourth-order valence-electron chi connectivity index (χ4n) is 2.44. The predicted molar refractivity (Wildman–Crippen MR) is 93.4 cm³/mol. The Hall–Kier alpha value is -2.80. The maximum atomic E-state index is 12.5. The molecule has 25 heavy (non-hydrogen) atoms. The Kier molecular flexibility index (Phi) is 4.76. The number of fused-ring (bicyclic) bond motifs is 1. The molecule has 3 aromatic rings. The molecule has 0 unspecified atom stereocenters. The molecule has 0 spiro atoms. The van der Waals surface area contributed by atoms with E-state index in [0.29, 0.717) is 22.3 Å². The first-order valence-corrected chi connectivity index (χ1v) is 7.94. The molecule has 2 heterocycles. The van der Waals surface area contributed by atoms with Crippen molar-refractivity contribution in [1.29, 1.82) is 0 Å². The molecule has 2 aromatic heterocycles. The molecule has 8 heteroatoms. The maximum Gasteiger partial charge on any atom is 0.272 e. The van der Waals surface area contributed by atoms with Crippen molar-refractivity contribution < 1.29 is 14.3 Å². The van der Waals surface area contributed by atoms with Gasteiger partial charge in [0.05, 0.1) is 26.5 Å². The number of benzene rings is 1. The van der Waals surface area contributed by atoms with Crippen molar-refractivity contribution in [3.63, 3.8) is 0 Å². The molecule has 0 bridgehead atoms. The van der Waals surface area contributed by atoms with E-state index in [-0.39, 0.29) is 17.6 Å². The molecule has 0 fully saturated rings. The zero-order chi connectivity index (χ0) is 18.0. The predicted octanol–water partition coefficient (Wildman–Crippen LogP) is 2.89. The Balaban J connectivity index is 1.79. The van der Waals surface area contributed by atoms with Crippen LogP contribution in [0.3, 0.4) is 0 Å². The van der Waals surface area contributed by atoms with Crippen molar-refractivity contribution in [2.24, 2.45) is 0 Å². The lowest BCUT2D eigenvalue weighted by Crippen LogP contribution is -2.26. The van der Waals surface area contributed by atoms with Gasteiger partial charge in [-0.25, -0.2) is 9.50 Å². The van der Waals surface area contributed by atoms with Crippen LogP contribution in [0, 0.1) is 0 Å². The molecule has 1 atom stereocenters. The first kappa shape index (κ1) is 17.0. The molecule has 0 aliphatic rings. The Bertz CT molecular complexity index is 925. The lowest BCUT2D eigenvalue weighted by Gasteiger charge is -2.16. The maximum absolute atomic E-state index is 12.5. The molecule has 0 saturated heterocycles. The van der Waals surface area contributed by atoms with Gasteiger partial charge in [-0.05, 0) is 36.8 Å². The second-order valence-corrected chi connectivity index (χ2v) is 5.78. The van der Waals surface area contributed by atoms with Crippen LogP contribution in [-0.4, -0.2) is 34.7 Å². The van der Waals surface area contributed by atoms with Gasteiger partial charge in [-0.3, -0.25) is 4.79 Å². The summed E-state index contributed by atoms with van der Waals surface area (Å²) < 4.78 is 12.0. The SMILES string of the molecule is COc1ccc([C@@H](C)NC(=O)c2cn3nc(Cl)ccc3n2)cc1OC. The number of nitrogens with one attached hydrogen (secondary N) is 1. The van der Waals surface area contributed by atoms with Crippen LogP contribution in [0.1, 0.15) is 29.0 Å². The van der Waals surface area contributed by atoms with E-state index in [1.807, 2.05) is 19.1 Å². The first-order valence-electron chi connectivity index (χ1n) is 7.56. The normalized spacial score (nSPS) is 12.0. The average Bonchev–Trinajstić information content (AvgIpc) is 3.04. The number of nitrogens with zero attached hydrogens (tertiary/aromatic N) is 3. The van der Waals surface area contributed by atoms with Crippen molar-refractivity contribution >= 4 is 23.2 Å². The van der Waals surface area contributed by atoms with Crippen LogP contribution in [0.15, 0.2) is 36.5 Å². The number of halogens is 1. The molecular weight excluding hydrogens is 344 g/mol. The van der Waals surface area contributed by atoms with E-state index >= 15 is 0 Å². The Morgan fingerprint density at radius 1 is 1.20 bits per heavy atom. The van der Waals surface area contributed by atoms with E-state index in [4.69, 9.17) is 21.1 Å². The minimum Gasteiger partial charge on any atom is -0.493 e. The fraction of sp³-hybridized carbons (Fsp3) is 0.235. The zero-order valence-electron chi connectivity index (χ0n) is 14.0. The molecule has 3 rings (SSSR count). The van der Waals surface area contributed by atoms with E-state index in [2.05, 4.69) is 15.4 Å². The van der Waals surface area contributed by atoms with Gasteiger partial charge in [0, 0.05) is 0 Å². The standard InChI is InChI=1S/C17H17ClN4O3/c1-10(11-4-5-13(24-2)14(8-11)25-3)19-17(23)12-9-22-16(20-12)7-6-15(18)21-22/h4-10H,1-3H3,(H,19,23)/t10-/m1/s1. The van der Waals surface area contributed by atoms with E-state index in [1.165, 1.54) is 10.7 Å². The molecule has 1 amide bonds. The van der Waals surface area contributed by atoms with Crippen LogP contribution in [0.5, 0.6) is 11.5 Å². The van der Waals surface area contributed by atoms with Gasteiger partial charge in [0.2, 0.25) is 0 Å². The summed E-state index contributed by atoms with van der Waals surface area (Å²) in [5.41, 5.74) is 1.70. The van der Waals surface area contributed by atoms with Crippen LogP contribution < -0.4 is 14.8 Å². The summed E-state index contributed by atoms with van der Waals surface area (Å²) >= 11 is 5.84. The Morgan fingerprint density at radius 3 is 2.68 bits per heavy atom. The summed E-state index contributed by atoms with van der Waals surface area (Å²) in [6.07, 6.45) is 1.54. The van der Waals surface area contributed by atoms with Crippen LogP contribution >= 0.6 is 11.6 Å². The molecule has 7 nitrogen and oxygen atoms in total. The van der Waals surface area contributed by atoms with Crippen molar-refractivity contribution in [1.82, 2.24) is 19.9 Å². The number of methoxy groups -OCH3 is 2. The fourth-order valence-corrected chi connectivity index (χ4v) is 2.59. The second kappa shape index (κ2) is 6.98. The second-order valence-electron chi connectivity index (χ2n) is 5.39. The van der Waals surface area contributed by atoms with Crippen LogP contribution in [-0.2, 0) is 0 Å². The number of carbonyl (C=O) groups excluding carboxylic acids is 1. The molecule has 0 radical (unpaired) electrons. The number of aromatic nitrogens is 3. The minimum absolute atomic E-state index is 0.242. The van der Waals surface area contributed by atoms with E-state index < -0.39 is 0 Å². The van der Waals surface area contributed by atoms with Crippen LogP contribution in [0.25, 0.3) is 5.65 Å². The molecule has 1 N–H and O–H groups in total. The molecule has 1 aromatic carbocycles. The summed E-state index contributed by atoms with van der Waals surface area (Å²) in [4.78, 5) is 16.7. The number of imidazole rings is 1. The van der Waals surface area contributed by atoms with E-state index in [1.54, 1.807) is 32.4 Å². The van der Waals surface area contributed by atoms with Gasteiger partial charge < -0.3 is 14.8 Å².